The van der Waals surface area contributed by atoms with Crippen LogP contribution in [0.15, 0.2) is 0 Å². The largest absolute Gasteiger partial charge is 0.198 e. The van der Waals surface area contributed by atoms with Gasteiger partial charge in [-0.25, -0.2) is 0 Å². The van der Waals surface area contributed by atoms with Crippen LogP contribution in [0.1, 0.15) is 25.7 Å². The van der Waals surface area contributed by atoms with Crippen LogP contribution in [0.2, 0.25) is 0 Å². The van der Waals surface area contributed by atoms with Crippen molar-refractivity contribution in [1.29, 1.82) is 21.0 Å². The molecule has 4 atom stereocenters. The van der Waals surface area contributed by atoms with E-state index in [1.165, 1.54) is 0 Å². The number of nitrogens with zero attached hydrogens (tertiary/aromatic N) is 4. The second-order valence-corrected chi connectivity index (χ2v) is 4.10. The van der Waals surface area contributed by atoms with Crippen molar-refractivity contribution in [3.8, 4) is 24.3 Å². The van der Waals surface area contributed by atoms with Crippen LogP contribution in [-0.4, -0.2) is 0 Å². The zero-order chi connectivity index (χ0) is 12.0. The van der Waals surface area contributed by atoms with Crippen molar-refractivity contribution >= 4 is 0 Å². The molecule has 0 amide bonds. The van der Waals surface area contributed by atoms with Gasteiger partial charge in [-0.3, -0.25) is 0 Å². The molecule has 0 radical (unpaired) electrons. The molecule has 0 unspecified atom stereocenters. The first kappa shape index (κ1) is 12.0. The van der Waals surface area contributed by atoms with Crippen LogP contribution in [0.5, 0.6) is 0 Å². The van der Waals surface area contributed by atoms with Gasteiger partial charge in [-0.05, 0) is 25.7 Å². The molecule has 0 aliphatic heterocycles. The molecule has 2 aliphatic carbocycles. The maximum Gasteiger partial charge on any atom is 0.0669 e. The Morgan fingerprint density at radius 2 is 0.688 bits per heavy atom. The van der Waals surface area contributed by atoms with Crippen molar-refractivity contribution in [2.75, 3.05) is 0 Å². The average Bonchev–Trinajstić information content (AvgIpc) is 2.18. The standard InChI is InChI=1S/2C6H6N2/c2*7-3-5-1-2-6(5)4-8/h2*5-6H,1-2H2/t2*5-,6-/m10/s1. The summed E-state index contributed by atoms with van der Waals surface area (Å²) in [5.41, 5.74) is 0. The van der Waals surface area contributed by atoms with Gasteiger partial charge in [0.2, 0.25) is 0 Å². The molecule has 0 saturated heterocycles. The summed E-state index contributed by atoms with van der Waals surface area (Å²) in [6.07, 6.45) is 3.70. The second kappa shape index (κ2) is 5.75. The third-order valence-electron chi connectivity index (χ3n) is 3.21. The van der Waals surface area contributed by atoms with E-state index in [-0.39, 0.29) is 23.7 Å². The summed E-state index contributed by atoms with van der Waals surface area (Å²) in [5, 5.41) is 33.1. The third kappa shape index (κ3) is 2.50. The molecule has 0 spiro atoms. The van der Waals surface area contributed by atoms with Crippen LogP contribution >= 0.6 is 0 Å². The van der Waals surface area contributed by atoms with E-state index in [1.54, 1.807) is 0 Å². The molecule has 0 aromatic carbocycles. The highest BCUT2D eigenvalue weighted by Crippen LogP contribution is 2.32. The Morgan fingerprint density at radius 1 is 0.500 bits per heavy atom. The number of hydrogen-bond acceptors (Lipinski definition) is 4. The Morgan fingerprint density at radius 3 is 0.750 bits per heavy atom. The van der Waals surface area contributed by atoms with Crippen molar-refractivity contribution < 1.29 is 0 Å². The minimum atomic E-state index is 0.0417. The summed E-state index contributed by atoms with van der Waals surface area (Å²) in [7, 11) is 0. The van der Waals surface area contributed by atoms with E-state index in [9.17, 15) is 0 Å². The molecule has 0 bridgehead atoms. The summed E-state index contributed by atoms with van der Waals surface area (Å²) in [5.74, 6) is 0.167. The van der Waals surface area contributed by atoms with Crippen LogP contribution in [-0.2, 0) is 0 Å². The molecule has 2 saturated carbocycles. The lowest BCUT2D eigenvalue weighted by Gasteiger charge is -2.24. The fraction of sp³-hybridized carbons (Fsp3) is 0.667. The number of nitriles is 4. The van der Waals surface area contributed by atoms with Gasteiger partial charge in [-0.15, -0.1) is 0 Å². The predicted molar refractivity (Wildman–Crippen MR) is 54.9 cm³/mol. The van der Waals surface area contributed by atoms with E-state index in [4.69, 9.17) is 21.0 Å². The van der Waals surface area contributed by atoms with Gasteiger partial charge >= 0.3 is 0 Å². The fourth-order valence-electron chi connectivity index (χ4n) is 1.62. The molecular formula is C12H12N4. The molecule has 80 valence electrons. The molecule has 0 aromatic heterocycles. The minimum absolute atomic E-state index is 0.0417. The van der Waals surface area contributed by atoms with E-state index in [1.807, 2.05) is 0 Å². The topological polar surface area (TPSA) is 95.2 Å². The van der Waals surface area contributed by atoms with Gasteiger partial charge in [0.25, 0.3) is 0 Å². The van der Waals surface area contributed by atoms with Crippen molar-refractivity contribution in [2.24, 2.45) is 23.7 Å². The molecule has 16 heavy (non-hydrogen) atoms. The lowest BCUT2D eigenvalue weighted by molar-refractivity contribution is 0.303. The quantitative estimate of drug-likeness (QED) is 0.614. The van der Waals surface area contributed by atoms with Gasteiger partial charge in [0.15, 0.2) is 0 Å². The Labute approximate surface area is 95.3 Å². The van der Waals surface area contributed by atoms with Crippen LogP contribution < -0.4 is 0 Å². The molecule has 4 nitrogen and oxygen atoms in total. The second-order valence-electron chi connectivity index (χ2n) is 4.10. The van der Waals surface area contributed by atoms with E-state index >= 15 is 0 Å². The summed E-state index contributed by atoms with van der Waals surface area (Å²) in [4.78, 5) is 0. The highest BCUT2D eigenvalue weighted by Gasteiger charge is 2.30. The predicted octanol–water partition coefficient (Wildman–Crippen LogP) is 2.12. The highest BCUT2D eigenvalue weighted by atomic mass is 14.4. The van der Waals surface area contributed by atoms with E-state index in [2.05, 4.69) is 24.3 Å². The number of rotatable bonds is 0. The van der Waals surface area contributed by atoms with Crippen molar-refractivity contribution in [2.45, 2.75) is 25.7 Å². The van der Waals surface area contributed by atoms with Gasteiger partial charge in [0.05, 0.1) is 47.9 Å². The summed E-state index contributed by atoms with van der Waals surface area (Å²) in [6, 6.07) is 8.32. The Bertz CT molecular complexity index is 321. The molecule has 2 fully saturated rings. The van der Waals surface area contributed by atoms with Gasteiger partial charge < -0.3 is 0 Å². The van der Waals surface area contributed by atoms with E-state index in [0.717, 1.165) is 25.7 Å². The van der Waals surface area contributed by atoms with Crippen LogP contribution in [0.3, 0.4) is 0 Å². The Kier molecular flexibility index (Phi) is 4.32. The molecule has 0 heterocycles. The van der Waals surface area contributed by atoms with Crippen molar-refractivity contribution in [1.82, 2.24) is 0 Å². The van der Waals surface area contributed by atoms with Gasteiger partial charge in [-0.2, -0.15) is 21.0 Å². The zero-order valence-corrected chi connectivity index (χ0v) is 8.93. The summed E-state index contributed by atoms with van der Waals surface area (Å²) >= 11 is 0. The molecule has 4 heteroatoms. The van der Waals surface area contributed by atoms with E-state index < -0.39 is 0 Å². The van der Waals surface area contributed by atoms with Crippen molar-refractivity contribution in [3.63, 3.8) is 0 Å². The van der Waals surface area contributed by atoms with E-state index in [0.29, 0.717) is 0 Å². The summed E-state index contributed by atoms with van der Waals surface area (Å²) in [6.45, 7) is 0. The average molecular weight is 212 g/mol. The first-order chi connectivity index (χ1) is 7.76. The SMILES string of the molecule is N#C[C@@H]1CC[C@H]1C#N.N#C[C@H]1CC[C@@H]1C#N. The molecular weight excluding hydrogens is 200 g/mol. The smallest absolute Gasteiger partial charge is 0.0669 e. The Hall–Kier alpha value is -2.04. The highest BCUT2D eigenvalue weighted by molar-refractivity contribution is 5.05. The maximum absolute atomic E-state index is 8.29. The minimum Gasteiger partial charge on any atom is -0.198 e. The normalized spacial score (nSPS) is 34.2. The monoisotopic (exact) mass is 212 g/mol. The lowest BCUT2D eigenvalue weighted by atomic mass is 9.76. The van der Waals surface area contributed by atoms with Crippen LogP contribution in [0.25, 0.3) is 0 Å². The van der Waals surface area contributed by atoms with Crippen LogP contribution in [0.4, 0.5) is 0 Å². The third-order valence-corrected chi connectivity index (χ3v) is 3.21. The van der Waals surface area contributed by atoms with Crippen LogP contribution in [0, 0.1) is 69.0 Å². The maximum atomic E-state index is 8.29. The molecule has 0 N–H and O–H groups in total. The zero-order valence-electron chi connectivity index (χ0n) is 8.93. The Balaban J connectivity index is 0.000000160. The van der Waals surface area contributed by atoms with Gasteiger partial charge in [0.1, 0.15) is 0 Å². The van der Waals surface area contributed by atoms with Gasteiger partial charge in [0, 0.05) is 0 Å². The first-order valence-corrected chi connectivity index (χ1v) is 5.35. The first-order valence-electron chi connectivity index (χ1n) is 5.35. The van der Waals surface area contributed by atoms with Crippen molar-refractivity contribution in [3.05, 3.63) is 0 Å². The fourth-order valence-corrected chi connectivity index (χ4v) is 1.62. The number of hydrogen-bond donors (Lipinski definition) is 0. The molecule has 0 aromatic rings. The molecule has 2 aliphatic rings. The molecule has 2 rings (SSSR count). The van der Waals surface area contributed by atoms with Gasteiger partial charge in [-0.1, -0.05) is 0 Å². The summed E-state index contributed by atoms with van der Waals surface area (Å²) < 4.78 is 0. The lowest BCUT2D eigenvalue weighted by Crippen LogP contribution is -2.22.